The quantitative estimate of drug-likeness (QED) is 0.0986. The van der Waals surface area contributed by atoms with Crippen LogP contribution in [0.2, 0.25) is 0 Å². The number of halogens is 1. The first kappa shape index (κ1) is 28.1. The lowest BCUT2D eigenvalue weighted by atomic mass is 10.0. The van der Waals surface area contributed by atoms with Crippen molar-refractivity contribution in [3.05, 3.63) is 108 Å². The number of benzene rings is 3. The Morgan fingerprint density at radius 1 is 0.868 bits per heavy atom. The van der Waals surface area contributed by atoms with E-state index in [1.54, 1.807) is 42.5 Å². The largest absolute Gasteiger partial charge is 0.494 e. The second-order valence-electron chi connectivity index (χ2n) is 8.24. The molecule has 0 radical (unpaired) electrons. The van der Waals surface area contributed by atoms with E-state index in [0.29, 0.717) is 36.7 Å². The van der Waals surface area contributed by atoms with Crippen LogP contribution < -0.4 is 9.47 Å². The average molecular weight is 517 g/mol. The summed E-state index contributed by atoms with van der Waals surface area (Å²) in [5.41, 5.74) is 2.79. The minimum Gasteiger partial charge on any atom is -0.494 e. The molecule has 0 saturated carbocycles. The van der Waals surface area contributed by atoms with E-state index in [9.17, 15) is 14.0 Å². The van der Waals surface area contributed by atoms with Crippen molar-refractivity contribution in [2.75, 3.05) is 19.8 Å². The summed E-state index contributed by atoms with van der Waals surface area (Å²) in [5, 5.41) is 8.93. The van der Waals surface area contributed by atoms with E-state index in [0.717, 1.165) is 29.2 Å². The number of hydrogen-bond donors (Lipinski definition) is 1. The van der Waals surface area contributed by atoms with E-state index >= 15 is 0 Å². The number of rotatable bonds is 13. The summed E-state index contributed by atoms with van der Waals surface area (Å²) in [6.45, 7) is 7.12. The molecule has 0 aliphatic carbocycles. The van der Waals surface area contributed by atoms with Crippen LogP contribution in [0, 0.1) is 5.82 Å². The van der Waals surface area contributed by atoms with Crippen LogP contribution in [0.15, 0.2) is 91.5 Å². The van der Waals surface area contributed by atoms with Gasteiger partial charge in [-0.2, -0.15) is 0 Å². The van der Waals surface area contributed by atoms with Crippen LogP contribution in [0.5, 0.6) is 11.5 Å². The molecule has 0 fully saturated rings. The Morgan fingerprint density at radius 2 is 1.53 bits per heavy atom. The van der Waals surface area contributed by atoms with Gasteiger partial charge in [-0.25, -0.2) is 14.0 Å². The highest BCUT2D eigenvalue weighted by Gasteiger charge is 2.08. The maximum absolute atomic E-state index is 14.8. The van der Waals surface area contributed by atoms with Gasteiger partial charge in [-0.15, -0.1) is 0 Å². The van der Waals surface area contributed by atoms with Gasteiger partial charge in [0.2, 0.25) is 0 Å². The number of hydrogen-bond acceptors (Lipinski definition) is 6. The van der Waals surface area contributed by atoms with Crippen molar-refractivity contribution in [1.29, 1.82) is 0 Å². The van der Waals surface area contributed by atoms with E-state index in [4.69, 9.17) is 19.3 Å². The number of aliphatic hydroxyl groups excluding tert-OH is 1. The van der Waals surface area contributed by atoms with Gasteiger partial charge in [-0.1, -0.05) is 61.7 Å². The van der Waals surface area contributed by atoms with Gasteiger partial charge in [0.15, 0.2) is 0 Å². The first-order valence-electron chi connectivity index (χ1n) is 12.0. The molecule has 38 heavy (non-hydrogen) atoms. The number of carbonyl (C=O) groups is 2. The predicted molar refractivity (Wildman–Crippen MR) is 145 cm³/mol. The smallest absolute Gasteiger partial charge is 0.341 e. The van der Waals surface area contributed by atoms with Crippen molar-refractivity contribution in [1.82, 2.24) is 0 Å². The summed E-state index contributed by atoms with van der Waals surface area (Å²) >= 11 is 0. The third kappa shape index (κ3) is 8.57. The molecule has 3 aromatic rings. The maximum atomic E-state index is 14.8. The van der Waals surface area contributed by atoms with Crippen molar-refractivity contribution < 1.29 is 33.3 Å². The fourth-order valence-electron chi connectivity index (χ4n) is 3.29. The van der Waals surface area contributed by atoms with Gasteiger partial charge >= 0.3 is 11.9 Å². The number of aliphatic hydroxyl groups is 1. The molecule has 0 aliphatic rings. The Morgan fingerprint density at radius 3 is 2.18 bits per heavy atom. The highest BCUT2D eigenvalue weighted by Crippen LogP contribution is 2.25. The molecular formula is C31H29FO6. The van der Waals surface area contributed by atoms with Gasteiger partial charge < -0.3 is 19.3 Å². The molecule has 0 aromatic heterocycles. The van der Waals surface area contributed by atoms with E-state index in [1.165, 1.54) is 6.07 Å². The van der Waals surface area contributed by atoms with Crippen LogP contribution >= 0.6 is 0 Å². The maximum Gasteiger partial charge on any atom is 0.341 e. The molecule has 0 amide bonds. The van der Waals surface area contributed by atoms with E-state index in [-0.39, 0.29) is 11.4 Å². The van der Waals surface area contributed by atoms with Crippen LogP contribution in [0.3, 0.4) is 0 Å². The second-order valence-corrected chi connectivity index (χ2v) is 8.24. The lowest BCUT2D eigenvalue weighted by molar-refractivity contribution is -0.138. The molecule has 0 heterocycles. The van der Waals surface area contributed by atoms with Gasteiger partial charge in [0.1, 0.15) is 17.3 Å². The van der Waals surface area contributed by atoms with Crippen molar-refractivity contribution in [3.63, 3.8) is 0 Å². The minimum atomic E-state index is -0.694. The number of carbonyl (C=O) groups excluding carboxylic acids is 2. The van der Waals surface area contributed by atoms with Crippen molar-refractivity contribution in [2.24, 2.45) is 0 Å². The average Bonchev–Trinajstić information content (AvgIpc) is 2.94. The SMILES string of the molecule is C=CC(=O)OCCCCOc1ccc(-c2ccc(/C=C/c3ccc(OC(=O)C(=C)CO)cc3)c(F)c2)cc1. The predicted octanol–water partition coefficient (Wildman–Crippen LogP) is 6.01. The Balaban J connectivity index is 1.52. The molecule has 6 nitrogen and oxygen atoms in total. The van der Waals surface area contributed by atoms with Gasteiger partial charge in [0.05, 0.1) is 25.4 Å². The van der Waals surface area contributed by atoms with E-state index < -0.39 is 18.5 Å². The molecule has 0 atom stereocenters. The van der Waals surface area contributed by atoms with Crippen LogP contribution in [0.1, 0.15) is 24.0 Å². The summed E-state index contributed by atoms with van der Waals surface area (Å²) in [7, 11) is 0. The Kier molecular flexibility index (Phi) is 10.6. The molecule has 1 N–H and O–H groups in total. The molecule has 3 aromatic carbocycles. The highest BCUT2D eigenvalue weighted by molar-refractivity contribution is 5.89. The van der Waals surface area contributed by atoms with Crippen molar-refractivity contribution in [2.45, 2.75) is 12.8 Å². The van der Waals surface area contributed by atoms with Gasteiger partial charge in [-0.05, 0) is 59.9 Å². The molecule has 0 spiro atoms. The van der Waals surface area contributed by atoms with Crippen molar-refractivity contribution >= 4 is 24.1 Å². The van der Waals surface area contributed by atoms with Gasteiger partial charge in [0, 0.05) is 11.6 Å². The molecule has 0 unspecified atom stereocenters. The third-order valence-electron chi connectivity index (χ3n) is 5.43. The van der Waals surface area contributed by atoms with Crippen LogP contribution in [-0.2, 0) is 14.3 Å². The molecule has 0 aliphatic heterocycles. The standard InChI is InChI=1S/C31H29FO6/c1-3-30(34)37-19-5-4-18-36-27-16-12-24(13-17-27)26-11-10-25(29(32)20-26)9-6-23-7-14-28(15-8-23)38-31(35)22(2)21-33/h3,6-17,20,33H,1-2,4-5,18-19,21H2/b9-6+. The van der Waals surface area contributed by atoms with Crippen molar-refractivity contribution in [3.8, 4) is 22.6 Å². The van der Waals surface area contributed by atoms with Gasteiger partial charge in [0.25, 0.3) is 0 Å². The minimum absolute atomic E-state index is 0.0328. The zero-order valence-electron chi connectivity index (χ0n) is 20.9. The molecule has 0 bridgehead atoms. The molecule has 196 valence electrons. The molecule has 3 rings (SSSR count). The topological polar surface area (TPSA) is 82.1 Å². The third-order valence-corrected chi connectivity index (χ3v) is 5.43. The molecule has 7 heteroatoms. The lowest BCUT2D eigenvalue weighted by Crippen LogP contribution is -2.12. The van der Waals surface area contributed by atoms with E-state index in [2.05, 4.69) is 13.2 Å². The fourth-order valence-corrected chi connectivity index (χ4v) is 3.29. The Bertz CT molecular complexity index is 1290. The molecule has 0 saturated heterocycles. The highest BCUT2D eigenvalue weighted by atomic mass is 19.1. The number of esters is 2. The molecular weight excluding hydrogens is 487 g/mol. The summed E-state index contributed by atoms with van der Waals surface area (Å²) in [6.07, 6.45) is 6.00. The summed E-state index contributed by atoms with van der Waals surface area (Å²) < 4.78 is 30.5. The number of unbranched alkanes of at least 4 members (excludes halogenated alkanes) is 1. The van der Waals surface area contributed by atoms with Crippen LogP contribution in [-0.4, -0.2) is 36.9 Å². The second kappa shape index (κ2) is 14.3. The Hall–Kier alpha value is -4.49. The lowest BCUT2D eigenvalue weighted by Gasteiger charge is -2.08. The first-order chi connectivity index (χ1) is 18.4. The van der Waals surface area contributed by atoms with Crippen LogP contribution in [0.4, 0.5) is 4.39 Å². The normalized spacial score (nSPS) is 10.7. The Labute approximate surface area is 221 Å². The zero-order chi connectivity index (χ0) is 27.3. The summed E-state index contributed by atoms with van der Waals surface area (Å²) in [5.74, 6) is -0.456. The zero-order valence-corrected chi connectivity index (χ0v) is 20.9. The fraction of sp³-hybridized carbons (Fsp3) is 0.161. The number of ether oxygens (including phenoxy) is 3. The monoisotopic (exact) mass is 516 g/mol. The van der Waals surface area contributed by atoms with Gasteiger partial charge in [-0.3, -0.25) is 0 Å². The first-order valence-corrected chi connectivity index (χ1v) is 12.0. The summed E-state index contributed by atoms with van der Waals surface area (Å²) in [4.78, 5) is 22.7. The van der Waals surface area contributed by atoms with Crippen LogP contribution in [0.25, 0.3) is 23.3 Å². The van der Waals surface area contributed by atoms with E-state index in [1.807, 2.05) is 30.3 Å². The summed E-state index contributed by atoms with van der Waals surface area (Å²) in [6, 6.07) is 19.1.